The summed E-state index contributed by atoms with van der Waals surface area (Å²) in [5.41, 5.74) is 10.9. The van der Waals surface area contributed by atoms with Gasteiger partial charge in [-0.2, -0.15) is 0 Å². The molecule has 0 saturated carbocycles. The minimum atomic E-state index is 0.421. The highest BCUT2D eigenvalue weighted by atomic mass is 15.1. The first-order valence-electron chi connectivity index (χ1n) is 15.1. The van der Waals surface area contributed by atoms with E-state index in [-0.39, 0.29) is 0 Å². The Bertz CT molecular complexity index is 2060. The van der Waals surface area contributed by atoms with Crippen molar-refractivity contribution in [1.29, 1.82) is 0 Å². The second-order valence-corrected chi connectivity index (χ2v) is 11.9. The molecule has 3 nitrogen and oxygen atoms in total. The first-order valence-corrected chi connectivity index (χ1v) is 15.1. The van der Waals surface area contributed by atoms with E-state index in [0.717, 1.165) is 50.6 Å². The van der Waals surface area contributed by atoms with Gasteiger partial charge < -0.3 is 0 Å². The predicted octanol–water partition coefficient (Wildman–Crippen LogP) is 10.8. The van der Waals surface area contributed by atoms with E-state index in [9.17, 15) is 0 Å². The van der Waals surface area contributed by atoms with E-state index in [0.29, 0.717) is 11.8 Å². The maximum absolute atomic E-state index is 5.35. The molecule has 7 aromatic rings. The average Bonchev–Trinajstić information content (AvgIpc) is 3.45. The summed E-state index contributed by atoms with van der Waals surface area (Å²) in [5, 5.41) is 2.44. The van der Waals surface area contributed by atoms with Crippen LogP contribution in [0.25, 0.3) is 61.4 Å². The number of rotatable bonds is 6. The SMILES string of the molecule is CC(C)c1cc(C(C)C)cc(-n2c(-c3ccccc3)nc3c(-c4cccc(-c5ccc6ccccc6c5)n4)cccc32)c1. The van der Waals surface area contributed by atoms with Gasteiger partial charge in [0.1, 0.15) is 5.82 Å². The molecular formula is C40H35N3. The standard InChI is InChI=1S/C40H35N3/c1-26(2)32-23-33(27(3)4)25-34(24-32)43-38-19-10-16-35(39(38)42-40(43)29-13-6-5-7-14-29)37-18-11-17-36(41-37)31-21-20-28-12-8-9-15-30(28)22-31/h5-27H,1-4H3. The monoisotopic (exact) mass is 557 g/mol. The van der Waals surface area contributed by atoms with Crippen LogP contribution in [-0.4, -0.2) is 14.5 Å². The second kappa shape index (κ2) is 11.0. The van der Waals surface area contributed by atoms with Crippen LogP contribution in [-0.2, 0) is 0 Å². The largest absolute Gasteiger partial charge is 0.292 e. The quantitative estimate of drug-likeness (QED) is 0.204. The van der Waals surface area contributed by atoms with Crippen molar-refractivity contribution < 1.29 is 0 Å². The molecule has 0 bridgehead atoms. The van der Waals surface area contributed by atoms with Gasteiger partial charge in [0.05, 0.1) is 22.4 Å². The fourth-order valence-corrected chi connectivity index (χ4v) is 5.90. The van der Waals surface area contributed by atoms with Crippen molar-refractivity contribution >= 4 is 21.8 Å². The minimum absolute atomic E-state index is 0.421. The molecule has 0 aliphatic heterocycles. The van der Waals surface area contributed by atoms with Crippen molar-refractivity contribution in [2.24, 2.45) is 0 Å². The van der Waals surface area contributed by atoms with Crippen LogP contribution in [0.3, 0.4) is 0 Å². The summed E-state index contributed by atoms with van der Waals surface area (Å²) in [4.78, 5) is 10.5. The van der Waals surface area contributed by atoms with Crippen molar-refractivity contribution in [3.63, 3.8) is 0 Å². The molecule has 210 valence electrons. The number of hydrogen-bond donors (Lipinski definition) is 0. The molecule has 0 unspecified atom stereocenters. The molecule has 7 rings (SSSR count). The van der Waals surface area contributed by atoms with Crippen molar-refractivity contribution in [2.45, 2.75) is 39.5 Å². The van der Waals surface area contributed by atoms with E-state index in [4.69, 9.17) is 9.97 Å². The van der Waals surface area contributed by atoms with Crippen molar-refractivity contribution in [3.8, 4) is 39.6 Å². The van der Waals surface area contributed by atoms with Crippen LogP contribution in [0.15, 0.2) is 127 Å². The maximum atomic E-state index is 5.35. The van der Waals surface area contributed by atoms with Gasteiger partial charge in [-0.1, -0.05) is 119 Å². The number of imidazole rings is 1. The van der Waals surface area contributed by atoms with Gasteiger partial charge in [0, 0.05) is 22.4 Å². The molecule has 5 aromatic carbocycles. The molecular weight excluding hydrogens is 522 g/mol. The first kappa shape index (κ1) is 26.9. The minimum Gasteiger partial charge on any atom is -0.292 e. The number of para-hydroxylation sites is 1. The van der Waals surface area contributed by atoms with E-state index in [1.165, 1.54) is 21.9 Å². The molecule has 2 aromatic heterocycles. The van der Waals surface area contributed by atoms with Gasteiger partial charge >= 0.3 is 0 Å². The van der Waals surface area contributed by atoms with E-state index in [2.05, 4.69) is 160 Å². The molecule has 0 fully saturated rings. The maximum Gasteiger partial charge on any atom is 0.145 e. The lowest BCUT2D eigenvalue weighted by atomic mass is 9.94. The van der Waals surface area contributed by atoms with Crippen molar-refractivity contribution in [1.82, 2.24) is 14.5 Å². The van der Waals surface area contributed by atoms with Crippen LogP contribution in [0.5, 0.6) is 0 Å². The van der Waals surface area contributed by atoms with Gasteiger partial charge in [-0.3, -0.25) is 4.57 Å². The Hall–Kier alpha value is -5.02. The Morgan fingerprint density at radius 1 is 0.512 bits per heavy atom. The average molecular weight is 558 g/mol. The van der Waals surface area contributed by atoms with Gasteiger partial charge in [0.15, 0.2) is 0 Å². The number of aromatic nitrogens is 3. The number of pyridine rings is 1. The third kappa shape index (κ3) is 5.02. The number of hydrogen-bond acceptors (Lipinski definition) is 2. The van der Waals surface area contributed by atoms with Crippen LogP contribution in [0, 0.1) is 0 Å². The van der Waals surface area contributed by atoms with Gasteiger partial charge in [0.25, 0.3) is 0 Å². The van der Waals surface area contributed by atoms with Crippen LogP contribution >= 0.6 is 0 Å². The fraction of sp³-hybridized carbons (Fsp3) is 0.150. The van der Waals surface area contributed by atoms with E-state index in [1.54, 1.807) is 0 Å². The van der Waals surface area contributed by atoms with Gasteiger partial charge in [-0.25, -0.2) is 9.97 Å². The summed E-state index contributed by atoms with van der Waals surface area (Å²) in [5.74, 6) is 1.78. The molecule has 3 heteroatoms. The molecule has 0 aliphatic rings. The van der Waals surface area contributed by atoms with Crippen LogP contribution in [0.2, 0.25) is 0 Å². The lowest BCUT2D eigenvalue weighted by Gasteiger charge is -2.17. The molecule has 0 N–H and O–H groups in total. The molecule has 2 heterocycles. The Morgan fingerprint density at radius 2 is 1.19 bits per heavy atom. The third-order valence-electron chi connectivity index (χ3n) is 8.34. The van der Waals surface area contributed by atoms with Crippen molar-refractivity contribution in [3.05, 3.63) is 139 Å². The Morgan fingerprint density at radius 3 is 1.93 bits per heavy atom. The van der Waals surface area contributed by atoms with Gasteiger partial charge in [0.2, 0.25) is 0 Å². The zero-order valence-electron chi connectivity index (χ0n) is 25.1. The van der Waals surface area contributed by atoms with Crippen LogP contribution in [0.4, 0.5) is 0 Å². The van der Waals surface area contributed by atoms with Gasteiger partial charge in [-0.05, 0) is 70.1 Å². The summed E-state index contributed by atoms with van der Waals surface area (Å²) in [6.07, 6.45) is 0. The number of fused-ring (bicyclic) bond motifs is 2. The summed E-state index contributed by atoms with van der Waals surface area (Å²) in [7, 11) is 0. The topological polar surface area (TPSA) is 30.7 Å². The second-order valence-electron chi connectivity index (χ2n) is 11.9. The smallest absolute Gasteiger partial charge is 0.145 e. The Balaban J connectivity index is 1.44. The molecule has 0 radical (unpaired) electrons. The predicted molar refractivity (Wildman–Crippen MR) is 181 cm³/mol. The normalized spacial score (nSPS) is 11.7. The zero-order chi connectivity index (χ0) is 29.5. The van der Waals surface area contributed by atoms with E-state index >= 15 is 0 Å². The van der Waals surface area contributed by atoms with Crippen LogP contribution < -0.4 is 0 Å². The summed E-state index contributed by atoms with van der Waals surface area (Å²) < 4.78 is 2.33. The van der Waals surface area contributed by atoms with Crippen molar-refractivity contribution in [2.75, 3.05) is 0 Å². The van der Waals surface area contributed by atoms with Gasteiger partial charge in [-0.15, -0.1) is 0 Å². The zero-order valence-corrected chi connectivity index (χ0v) is 25.1. The Labute approximate surface area is 253 Å². The Kier molecular flexibility index (Phi) is 6.87. The summed E-state index contributed by atoms with van der Waals surface area (Å²) in [6.45, 7) is 9.05. The first-order chi connectivity index (χ1) is 21.0. The summed E-state index contributed by atoms with van der Waals surface area (Å²) >= 11 is 0. The molecule has 43 heavy (non-hydrogen) atoms. The number of nitrogens with zero attached hydrogens (tertiary/aromatic N) is 3. The molecule has 0 amide bonds. The third-order valence-corrected chi connectivity index (χ3v) is 8.34. The van der Waals surface area contributed by atoms with E-state index in [1.807, 2.05) is 0 Å². The van der Waals surface area contributed by atoms with E-state index < -0.39 is 0 Å². The summed E-state index contributed by atoms with van der Waals surface area (Å²) in [6, 6.07) is 45.3. The molecule has 0 aliphatic carbocycles. The molecule has 0 atom stereocenters. The highest BCUT2D eigenvalue weighted by Gasteiger charge is 2.20. The fourth-order valence-electron chi connectivity index (χ4n) is 5.90. The molecule has 0 saturated heterocycles. The highest BCUT2D eigenvalue weighted by Crippen LogP contribution is 2.36. The number of benzene rings is 5. The molecule has 0 spiro atoms. The lowest BCUT2D eigenvalue weighted by molar-refractivity contribution is 0.829. The lowest BCUT2D eigenvalue weighted by Crippen LogP contribution is -2.02. The highest BCUT2D eigenvalue weighted by molar-refractivity contribution is 5.95. The van der Waals surface area contributed by atoms with Crippen LogP contribution in [0.1, 0.15) is 50.7 Å².